The van der Waals surface area contributed by atoms with Crippen LogP contribution in [0.5, 0.6) is 0 Å². The summed E-state index contributed by atoms with van der Waals surface area (Å²) in [6.07, 6.45) is 2.69. The molecule has 0 spiro atoms. The van der Waals surface area contributed by atoms with Gasteiger partial charge < -0.3 is 15.7 Å². The van der Waals surface area contributed by atoms with Crippen molar-refractivity contribution >= 4 is 23.4 Å². The van der Waals surface area contributed by atoms with Crippen molar-refractivity contribution in [2.75, 3.05) is 30.4 Å². The molecule has 5 heteroatoms. The van der Waals surface area contributed by atoms with Gasteiger partial charge in [-0.25, -0.2) is 0 Å². The van der Waals surface area contributed by atoms with E-state index in [0.717, 1.165) is 12.1 Å². The first-order valence-corrected chi connectivity index (χ1v) is 8.22. The zero-order valence-electron chi connectivity index (χ0n) is 12.0. The molecule has 0 saturated heterocycles. The van der Waals surface area contributed by atoms with Crippen molar-refractivity contribution in [1.82, 2.24) is 5.32 Å². The second-order valence-electron chi connectivity index (χ2n) is 5.59. The van der Waals surface area contributed by atoms with Gasteiger partial charge in [-0.2, -0.15) is 11.8 Å². The van der Waals surface area contributed by atoms with Crippen molar-refractivity contribution in [3.8, 4) is 0 Å². The zero-order valence-corrected chi connectivity index (χ0v) is 12.8. The minimum absolute atomic E-state index is 0.00776. The van der Waals surface area contributed by atoms with E-state index in [-0.39, 0.29) is 11.8 Å². The number of aliphatic hydroxyl groups is 1. The molecule has 1 amide bonds. The van der Waals surface area contributed by atoms with Gasteiger partial charge >= 0.3 is 0 Å². The summed E-state index contributed by atoms with van der Waals surface area (Å²) in [4.78, 5) is 12.2. The molecule has 1 aliphatic rings. The summed E-state index contributed by atoms with van der Waals surface area (Å²) < 4.78 is 0. The second kappa shape index (κ2) is 6.50. The molecule has 2 rings (SSSR count). The summed E-state index contributed by atoms with van der Waals surface area (Å²) in [5.41, 5.74) is 1.44. The van der Waals surface area contributed by atoms with Crippen molar-refractivity contribution in [3.63, 3.8) is 0 Å². The lowest BCUT2D eigenvalue weighted by Gasteiger charge is -2.27. The van der Waals surface area contributed by atoms with Crippen LogP contribution in [0.1, 0.15) is 12.5 Å². The number of rotatable bonds is 5. The fourth-order valence-corrected chi connectivity index (χ4v) is 3.13. The Morgan fingerprint density at radius 1 is 1.55 bits per heavy atom. The number of hydrogen-bond donors (Lipinski definition) is 3. The third-order valence-electron chi connectivity index (χ3n) is 3.49. The number of benzene rings is 1. The van der Waals surface area contributed by atoms with E-state index in [1.54, 1.807) is 18.7 Å². The monoisotopic (exact) mass is 294 g/mol. The molecule has 4 nitrogen and oxygen atoms in total. The lowest BCUT2D eigenvalue weighted by molar-refractivity contribution is -0.125. The number of amides is 1. The van der Waals surface area contributed by atoms with E-state index in [9.17, 15) is 9.90 Å². The Morgan fingerprint density at radius 2 is 2.30 bits per heavy atom. The summed E-state index contributed by atoms with van der Waals surface area (Å²) in [6, 6.07) is 8.06. The predicted octanol–water partition coefficient (Wildman–Crippen LogP) is 1.50. The average molecular weight is 294 g/mol. The molecule has 1 aromatic carbocycles. The molecule has 2 atom stereocenters. The van der Waals surface area contributed by atoms with Crippen LogP contribution in [0.25, 0.3) is 0 Å². The summed E-state index contributed by atoms with van der Waals surface area (Å²) >= 11 is 1.57. The minimum atomic E-state index is -0.852. The van der Waals surface area contributed by atoms with Gasteiger partial charge in [0.15, 0.2) is 0 Å². The number of carbonyl (C=O) groups excluding carboxylic acids is 1. The number of para-hydroxylation sites is 1. The van der Waals surface area contributed by atoms with Crippen LogP contribution in [0.15, 0.2) is 24.3 Å². The van der Waals surface area contributed by atoms with Crippen LogP contribution in [0.3, 0.4) is 0 Å². The Bertz CT molecular complexity index is 477. The van der Waals surface area contributed by atoms with Crippen molar-refractivity contribution in [2.45, 2.75) is 18.9 Å². The zero-order chi connectivity index (χ0) is 14.6. The van der Waals surface area contributed by atoms with Crippen molar-refractivity contribution in [3.05, 3.63) is 29.8 Å². The molecule has 0 radical (unpaired) electrons. The number of anilines is 1. The quantitative estimate of drug-likeness (QED) is 0.770. The molecule has 0 aromatic heterocycles. The first-order chi connectivity index (χ1) is 9.52. The molecule has 1 aliphatic heterocycles. The number of hydrogen-bond acceptors (Lipinski definition) is 4. The number of thioether (sulfide) groups is 1. The first-order valence-electron chi connectivity index (χ1n) is 6.82. The van der Waals surface area contributed by atoms with E-state index < -0.39 is 5.60 Å². The molecule has 0 bridgehead atoms. The highest BCUT2D eigenvalue weighted by Crippen LogP contribution is 2.24. The maximum atomic E-state index is 12.2. The Morgan fingerprint density at radius 3 is 3.05 bits per heavy atom. The van der Waals surface area contributed by atoms with Gasteiger partial charge in [-0.1, -0.05) is 18.2 Å². The van der Waals surface area contributed by atoms with Crippen LogP contribution in [0.4, 0.5) is 5.69 Å². The average Bonchev–Trinajstić information content (AvgIpc) is 2.44. The van der Waals surface area contributed by atoms with Gasteiger partial charge in [0.25, 0.3) is 0 Å². The molecule has 110 valence electrons. The highest BCUT2D eigenvalue weighted by molar-refractivity contribution is 7.98. The van der Waals surface area contributed by atoms with Crippen molar-refractivity contribution in [2.24, 2.45) is 5.92 Å². The standard InChI is InChI=1S/C15H22N2O2S/c1-15(19,10-20-2)9-17-14(18)12-7-11-5-3-4-6-13(11)16-8-12/h3-6,12,16,19H,7-10H2,1-2H3,(H,17,18). The molecule has 0 saturated carbocycles. The highest BCUT2D eigenvalue weighted by atomic mass is 32.2. The molecule has 1 aromatic rings. The highest BCUT2D eigenvalue weighted by Gasteiger charge is 2.26. The van der Waals surface area contributed by atoms with E-state index in [2.05, 4.69) is 10.6 Å². The molecule has 0 fully saturated rings. The smallest absolute Gasteiger partial charge is 0.225 e. The Balaban J connectivity index is 1.89. The summed E-state index contributed by atoms with van der Waals surface area (Å²) in [5, 5.41) is 16.2. The summed E-state index contributed by atoms with van der Waals surface area (Å²) in [6.45, 7) is 2.69. The lowest BCUT2D eigenvalue weighted by atomic mass is 9.93. The molecular weight excluding hydrogens is 272 g/mol. The minimum Gasteiger partial charge on any atom is -0.387 e. The van der Waals surface area contributed by atoms with E-state index in [4.69, 9.17) is 0 Å². The second-order valence-corrected chi connectivity index (χ2v) is 6.45. The van der Waals surface area contributed by atoms with E-state index in [0.29, 0.717) is 18.8 Å². The number of carbonyl (C=O) groups is 1. The van der Waals surface area contributed by atoms with E-state index >= 15 is 0 Å². The van der Waals surface area contributed by atoms with Crippen LogP contribution in [-0.4, -0.2) is 41.7 Å². The van der Waals surface area contributed by atoms with Gasteiger partial charge in [-0.05, 0) is 31.2 Å². The molecular formula is C15H22N2O2S. The fraction of sp³-hybridized carbons (Fsp3) is 0.533. The van der Waals surface area contributed by atoms with Gasteiger partial charge in [-0.15, -0.1) is 0 Å². The van der Waals surface area contributed by atoms with Crippen LogP contribution in [0, 0.1) is 5.92 Å². The van der Waals surface area contributed by atoms with Crippen LogP contribution < -0.4 is 10.6 Å². The Kier molecular flexibility index (Phi) is 4.94. The predicted molar refractivity (Wildman–Crippen MR) is 84.1 cm³/mol. The molecule has 3 N–H and O–H groups in total. The molecule has 1 heterocycles. The molecule has 2 unspecified atom stereocenters. The lowest BCUT2D eigenvalue weighted by Crippen LogP contribution is -2.46. The van der Waals surface area contributed by atoms with Gasteiger partial charge in [0, 0.05) is 24.5 Å². The summed E-state index contributed by atoms with van der Waals surface area (Å²) in [5.74, 6) is 0.544. The number of nitrogens with one attached hydrogen (secondary N) is 2. The largest absolute Gasteiger partial charge is 0.387 e. The van der Waals surface area contributed by atoms with Gasteiger partial charge in [0.2, 0.25) is 5.91 Å². The number of fused-ring (bicyclic) bond motifs is 1. The van der Waals surface area contributed by atoms with Crippen LogP contribution in [0.2, 0.25) is 0 Å². The van der Waals surface area contributed by atoms with Gasteiger partial charge in [0.05, 0.1) is 11.5 Å². The maximum absolute atomic E-state index is 12.2. The third-order valence-corrected chi connectivity index (χ3v) is 4.40. The Labute approximate surface area is 124 Å². The van der Waals surface area contributed by atoms with Gasteiger partial charge in [-0.3, -0.25) is 4.79 Å². The van der Waals surface area contributed by atoms with E-state index in [1.807, 2.05) is 30.5 Å². The Hall–Kier alpha value is -1.20. The van der Waals surface area contributed by atoms with Crippen molar-refractivity contribution in [1.29, 1.82) is 0 Å². The van der Waals surface area contributed by atoms with Crippen LogP contribution in [-0.2, 0) is 11.2 Å². The fourth-order valence-electron chi connectivity index (χ4n) is 2.41. The van der Waals surface area contributed by atoms with Crippen molar-refractivity contribution < 1.29 is 9.90 Å². The van der Waals surface area contributed by atoms with Crippen LogP contribution >= 0.6 is 11.8 Å². The van der Waals surface area contributed by atoms with Gasteiger partial charge in [0.1, 0.15) is 0 Å². The SMILES string of the molecule is CSCC(C)(O)CNC(=O)C1CNc2ccccc2C1. The van der Waals surface area contributed by atoms with E-state index in [1.165, 1.54) is 5.56 Å². The molecule has 0 aliphatic carbocycles. The third kappa shape index (κ3) is 3.90. The summed E-state index contributed by atoms with van der Waals surface area (Å²) in [7, 11) is 0. The topological polar surface area (TPSA) is 61.4 Å². The normalized spacial score (nSPS) is 20.4. The first kappa shape index (κ1) is 15.2. The maximum Gasteiger partial charge on any atom is 0.225 e. The molecule has 20 heavy (non-hydrogen) atoms.